The summed E-state index contributed by atoms with van der Waals surface area (Å²) < 4.78 is 14.3. The van der Waals surface area contributed by atoms with Gasteiger partial charge in [0, 0.05) is 29.9 Å². The Labute approximate surface area is 101 Å². The molecule has 0 radical (unpaired) electrons. The minimum absolute atomic E-state index is 0.220. The lowest BCUT2D eigenvalue weighted by Gasteiger charge is -2.33. The number of ketones is 1. The van der Waals surface area contributed by atoms with E-state index in [4.69, 9.17) is 0 Å². The number of hydrogen-bond acceptors (Lipinski definition) is 3. The third-order valence-corrected chi connectivity index (χ3v) is 3.56. The lowest BCUT2D eigenvalue weighted by molar-refractivity contribution is -0.127. The summed E-state index contributed by atoms with van der Waals surface area (Å²) in [6, 6.07) is 3.57. The van der Waals surface area contributed by atoms with Gasteiger partial charge in [0.2, 0.25) is 0 Å². The quantitative estimate of drug-likeness (QED) is 0.860. The topological polar surface area (TPSA) is 32.3 Å². The minimum atomic E-state index is -0.252. The molecule has 0 saturated heterocycles. The first-order chi connectivity index (χ1) is 7.63. The lowest BCUT2D eigenvalue weighted by atomic mass is 9.91. The summed E-state index contributed by atoms with van der Waals surface area (Å²) in [5.41, 5.74) is 4.52. The zero-order valence-electron chi connectivity index (χ0n) is 8.46. The second-order valence-corrected chi connectivity index (χ2v) is 5.18. The predicted octanol–water partition coefficient (Wildman–Crippen LogP) is 2.46. The summed E-state index contributed by atoms with van der Waals surface area (Å²) in [5.74, 6) is 0.0296. The van der Waals surface area contributed by atoms with Crippen molar-refractivity contribution in [1.29, 1.82) is 0 Å². The average Bonchev–Trinajstić information content (AvgIpc) is 2.56. The average molecular weight is 285 g/mol. The fraction of sp³-hybridized carbons (Fsp3) is 0.364. The van der Waals surface area contributed by atoms with E-state index < -0.39 is 0 Å². The first-order valence-electron chi connectivity index (χ1n) is 5.16. The van der Waals surface area contributed by atoms with Gasteiger partial charge in [-0.15, -0.1) is 0 Å². The Bertz CT molecular complexity index is 469. The molecule has 5 heteroatoms. The van der Waals surface area contributed by atoms with Crippen molar-refractivity contribution >= 4 is 27.4 Å². The smallest absolute Gasteiger partial charge is 0.149 e. The van der Waals surface area contributed by atoms with Gasteiger partial charge in [-0.1, -0.05) is 15.9 Å². The largest absolute Gasteiger partial charge is 0.315 e. The van der Waals surface area contributed by atoms with Gasteiger partial charge >= 0.3 is 0 Å². The van der Waals surface area contributed by atoms with Crippen molar-refractivity contribution in [2.75, 3.05) is 5.43 Å². The van der Waals surface area contributed by atoms with E-state index in [0.29, 0.717) is 25.1 Å². The number of benzene rings is 1. The van der Waals surface area contributed by atoms with Crippen LogP contribution in [0, 0.1) is 5.82 Å². The van der Waals surface area contributed by atoms with Gasteiger partial charge in [-0.05, 0) is 17.7 Å². The van der Waals surface area contributed by atoms with Crippen molar-refractivity contribution in [3.63, 3.8) is 0 Å². The molecule has 0 atom stereocenters. The van der Waals surface area contributed by atoms with Crippen LogP contribution >= 0.6 is 15.9 Å². The minimum Gasteiger partial charge on any atom is -0.315 e. The normalized spacial score (nSPS) is 20.5. The Hall–Kier alpha value is -0.940. The molecule has 0 spiro atoms. The Morgan fingerprint density at radius 3 is 2.88 bits per heavy atom. The SMILES string of the molecule is O=C1CC(N2Cc3cc(Br)cc(F)c3N2)C1. The number of anilines is 1. The monoisotopic (exact) mass is 284 g/mol. The molecule has 0 bridgehead atoms. The molecule has 1 aliphatic heterocycles. The fourth-order valence-electron chi connectivity index (χ4n) is 2.15. The summed E-state index contributed by atoms with van der Waals surface area (Å²) in [7, 11) is 0. The van der Waals surface area contributed by atoms with Crippen LogP contribution in [0.4, 0.5) is 10.1 Å². The molecular weight excluding hydrogens is 275 g/mol. The third kappa shape index (κ3) is 1.55. The van der Waals surface area contributed by atoms with Gasteiger partial charge in [0.05, 0.1) is 5.69 Å². The maximum Gasteiger partial charge on any atom is 0.149 e. The number of halogens is 2. The molecular formula is C11H10BrFN2O. The Morgan fingerprint density at radius 1 is 1.44 bits per heavy atom. The number of Topliss-reactive ketones (excluding diaryl/α,β-unsaturated/α-hetero) is 1. The van der Waals surface area contributed by atoms with E-state index >= 15 is 0 Å². The number of carbonyl (C=O) groups is 1. The van der Waals surface area contributed by atoms with Crippen LogP contribution in [0.2, 0.25) is 0 Å². The summed E-state index contributed by atoms with van der Waals surface area (Å²) in [4.78, 5) is 10.9. The molecule has 1 aromatic rings. The third-order valence-electron chi connectivity index (χ3n) is 3.10. The number of carbonyl (C=O) groups excluding carboxylic acids is 1. The van der Waals surface area contributed by atoms with E-state index in [1.165, 1.54) is 6.07 Å². The van der Waals surface area contributed by atoms with Crippen molar-refractivity contribution in [2.45, 2.75) is 25.4 Å². The molecule has 1 saturated carbocycles. The second-order valence-electron chi connectivity index (χ2n) is 4.26. The fourth-order valence-corrected chi connectivity index (χ4v) is 2.63. The van der Waals surface area contributed by atoms with E-state index in [2.05, 4.69) is 21.4 Å². The van der Waals surface area contributed by atoms with Crippen LogP contribution < -0.4 is 5.43 Å². The molecule has 2 aliphatic rings. The van der Waals surface area contributed by atoms with Gasteiger partial charge < -0.3 is 5.43 Å². The lowest BCUT2D eigenvalue weighted by Crippen LogP contribution is -2.45. The number of hydrazine groups is 1. The van der Waals surface area contributed by atoms with Gasteiger partial charge in [0.15, 0.2) is 0 Å². The summed E-state index contributed by atoms with van der Waals surface area (Å²) >= 11 is 3.27. The zero-order chi connectivity index (χ0) is 11.3. The summed E-state index contributed by atoms with van der Waals surface area (Å²) in [5, 5.41) is 1.95. The molecule has 1 fully saturated rings. The Kier molecular flexibility index (Phi) is 2.26. The molecule has 1 N–H and O–H groups in total. The number of rotatable bonds is 1. The number of nitrogens with zero attached hydrogens (tertiary/aromatic N) is 1. The van der Waals surface area contributed by atoms with Gasteiger partial charge in [-0.25, -0.2) is 9.40 Å². The highest BCUT2D eigenvalue weighted by molar-refractivity contribution is 9.10. The molecule has 1 heterocycles. The standard InChI is InChI=1S/C11H10BrFN2O/c12-7-1-6-5-15(8-3-9(16)4-8)14-11(6)10(13)2-7/h1-2,8,14H,3-5H2. The van der Waals surface area contributed by atoms with Crippen LogP contribution in [0.1, 0.15) is 18.4 Å². The summed E-state index contributed by atoms with van der Waals surface area (Å²) in [6.45, 7) is 0.656. The van der Waals surface area contributed by atoms with Crippen LogP contribution in [0.3, 0.4) is 0 Å². The molecule has 3 nitrogen and oxygen atoms in total. The maximum atomic E-state index is 13.6. The van der Waals surface area contributed by atoms with Gasteiger partial charge in [-0.2, -0.15) is 0 Å². The van der Waals surface area contributed by atoms with Crippen LogP contribution in [0.25, 0.3) is 0 Å². The van der Waals surface area contributed by atoms with Crippen molar-refractivity contribution in [2.24, 2.45) is 0 Å². The molecule has 0 amide bonds. The highest BCUT2D eigenvalue weighted by atomic mass is 79.9. The van der Waals surface area contributed by atoms with Crippen molar-refractivity contribution in [3.8, 4) is 0 Å². The van der Waals surface area contributed by atoms with Crippen molar-refractivity contribution < 1.29 is 9.18 Å². The Balaban J connectivity index is 1.83. The second kappa shape index (κ2) is 3.53. The first-order valence-corrected chi connectivity index (χ1v) is 5.95. The van der Waals surface area contributed by atoms with Gasteiger partial charge in [0.25, 0.3) is 0 Å². The van der Waals surface area contributed by atoms with Crippen molar-refractivity contribution in [1.82, 2.24) is 5.01 Å². The number of nitrogens with one attached hydrogen (secondary N) is 1. The molecule has 1 aliphatic carbocycles. The Morgan fingerprint density at radius 2 is 2.19 bits per heavy atom. The van der Waals surface area contributed by atoms with Crippen LogP contribution in [-0.2, 0) is 11.3 Å². The molecule has 16 heavy (non-hydrogen) atoms. The molecule has 3 rings (SSSR count). The van der Waals surface area contributed by atoms with E-state index in [1.54, 1.807) is 0 Å². The molecule has 0 unspecified atom stereocenters. The van der Waals surface area contributed by atoms with E-state index in [-0.39, 0.29) is 17.6 Å². The molecule has 1 aromatic carbocycles. The van der Waals surface area contributed by atoms with Crippen LogP contribution in [-0.4, -0.2) is 16.8 Å². The predicted molar refractivity (Wildman–Crippen MR) is 61.3 cm³/mol. The van der Waals surface area contributed by atoms with E-state index in [1.807, 2.05) is 11.1 Å². The summed E-state index contributed by atoms with van der Waals surface area (Å²) in [6.07, 6.45) is 1.15. The number of fused-ring (bicyclic) bond motifs is 1. The van der Waals surface area contributed by atoms with E-state index in [0.717, 1.165) is 10.0 Å². The van der Waals surface area contributed by atoms with Gasteiger partial charge in [-0.3, -0.25) is 4.79 Å². The zero-order valence-corrected chi connectivity index (χ0v) is 10.1. The highest BCUT2D eigenvalue weighted by Gasteiger charge is 2.35. The van der Waals surface area contributed by atoms with Crippen molar-refractivity contribution in [3.05, 3.63) is 28.0 Å². The highest BCUT2D eigenvalue weighted by Crippen LogP contribution is 2.35. The molecule has 84 valence electrons. The van der Waals surface area contributed by atoms with Gasteiger partial charge in [0.1, 0.15) is 11.6 Å². The van der Waals surface area contributed by atoms with Crippen LogP contribution in [0.5, 0.6) is 0 Å². The van der Waals surface area contributed by atoms with Crippen LogP contribution in [0.15, 0.2) is 16.6 Å². The van der Waals surface area contributed by atoms with E-state index in [9.17, 15) is 9.18 Å². The maximum absolute atomic E-state index is 13.6. The first kappa shape index (κ1) is 10.2. The number of hydrogen-bond donors (Lipinski definition) is 1. The molecule has 0 aromatic heterocycles.